The van der Waals surface area contributed by atoms with Crippen LogP contribution in [0, 0.1) is 0 Å². The average Bonchev–Trinajstić information content (AvgIpc) is 2.78. The van der Waals surface area contributed by atoms with Crippen molar-refractivity contribution in [2.45, 2.75) is 6.54 Å². The predicted octanol–water partition coefficient (Wildman–Crippen LogP) is 2.09. The number of rotatable bonds is 3. The summed E-state index contributed by atoms with van der Waals surface area (Å²) in [5.74, 6) is -0.299. The van der Waals surface area contributed by atoms with E-state index in [0.29, 0.717) is 27.3 Å². The Balaban J connectivity index is 2.26. The van der Waals surface area contributed by atoms with E-state index < -0.39 is 0 Å². The molecule has 0 saturated carbocycles. The summed E-state index contributed by atoms with van der Waals surface area (Å²) in [6, 6.07) is 5.28. The van der Waals surface area contributed by atoms with Crippen molar-refractivity contribution in [2.75, 3.05) is 11.1 Å². The number of halogens is 1. The molecule has 0 aliphatic rings. The topological polar surface area (TPSA) is 94.0 Å². The monoisotopic (exact) mass is 282 g/mol. The van der Waals surface area contributed by atoms with Crippen LogP contribution in [0.15, 0.2) is 24.4 Å². The Kier molecular flexibility index (Phi) is 3.81. The number of carbonyl (C=O) groups is 1. The summed E-state index contributed by atoms with van der Waals surface area (Å²) in [6.45, 7) is 0.293. The lowest BCUT2D eigenvalue weighted by atomic mass is 10.1. The smallest absolute Gasteiger partial charge is 0.267 e. The van der Waals surface area contributed by atoms with Crippen LogP contribution in [-0.2, 0) is 6.54 Å². The Labute approximate surface area is 113 Å². The molecule has 0 spiro atoms. The molecule has 1 aromatic carbocycles. The van der Waals surface area contributed by atoms with Gasteiger partial charge in [0.1, 0.15) is 4.88 Å². The molecule has 18 heavy (non-hydrogen) atoms. The minimum atomic E-state index is -0.299. The molecule has 1 heterocycles. The van der Waals surface area contributed by atoms with Crippen LogP contribution in [0.25, 0.3) is 0 Å². The summed E-state index contributed by atoms with van der Waals surface area (Å²) in [4.78, 5) is 16.2. The highest BCUT2D eigenvalue weighted by Gasteiger charge is 2.13. The molecule has 0 atom stereocenters. The first-order chi connectivity index (χ1) is 8.61. The largest absolute Gasteiger partial charge is 0.375 e. The molecule has 94 valence electrons. The van der Waals surface area contributed by atoms with Crippen molar-refractivity contribution in [3.63, 3.8) is 0 Å². The summed E-state index contributed by atoms with van der Waals surface area (Å²) < 4.78 is 0. The summed E-state index contributed by atoms with van der Waals surface area (Å²) in [7, 11) is 0. The number of para-hydroxylation sites is 1. The van der Waals surface area contributed by atoms with Gasteiger partial charge in [0, 0.05) is 6.54 Å². The van der Waals surface area contributed by atoms with Gasteiger partial charge in [0.2, 0.25) is 0 Å². The molecule has 5 N–H and O–H groups in total. The molecule has 0 bridgehead atoms. The Morgan fingerprint density at radius 1 is 1.50 bits per heavy atom. The standard InChI is InChI=1S/C11H11ClN4OS/c12-7-3-1-2-6(4-13)9(7)16-10(17)8-5-15-11(14)18-8/h1-3,5H,4,13H2,(H2,14,15)(H,16,17). The third kappa shape index (κ3) is 2.61. The molecule has 1 aromatic heterocycles. The third-order valence-corrected chi connectivity index (χ3v) is 3.45. The van der Waals surface area contributed by atoms with E-state index in [2.05, 4.69) is 10.3 Å². The van der Waals surface area contributed by atoms with Crippen molar-refractivity contribution < 1.29 is 4.79 Å². The maximum Gasteiger partial charge on any atom is 0.267 e. The number of carbonyl (C=O) groups excluding carboxylic acids is 1. The molecule has 7 heteroatoms. The first-order valence-corrected chi connectivity index (χ1v) is 6.31. The molecular formula is C11H11ClN4OS. The first-order valence-electron chi connectivity index (χ1n) is 5.12. The number of hydrogen-bond donors (Lipinski definition) is 3. The zero-order chi connectivity index (χ0) is 13.1. The average molecular weight is 283 g/mol. The molecule has 0 radical (unpaired) electrons. The second-order valence-electron chi connectivity index (χ2n) is 3.49. The molecule has 0 fully saturated rings. The number of nitrogens with two attached hydrogens (primary N) is 2. The zero-order valence-electron chi connectivity index (χ0n) is 9.31. The van der Waals surface area contributed by atoms with Gasteiger partial charge in [0.05, 0.1) is 16.9 Å². The number of thiazole rings is 1. The number of nitrogens with one attached hydrogen (secondary N) is 1. The molecule has 0 aliphatic carbocycles. The fourth-order valence-corrected chi connectivity index (χ4v) is 2.27. The van der Waals surface area contributed by atoms with Crippen molar-refractivity contribution in [3.05, 3.63) is 39.9 Å². The van der Waals surface area contributed by atoms with E-state index in [0.717, 1.165) is 16.9 Å². The van der Waals surface area contributed by atoms with E-state index in [-0.39, 0.29) is 5.91 Å². The van der Waals surface area contributed by atoms with Crippen molar-refractivity contribution in [3.8, 4) is 0 Å². The van der Waals surface area contributed by atoms with Crippen LogP contribution >= 0.6 is 22.9 Å². The van der Waals surface area contributed by atoms with Gasteiger partial charge < -0.3 is 16.8 Å². The summed E-state index contributed by atoms with van der Waals surface area (Å²) in [5.41, 5.74) is 12.4. The van der Waals surface area contributed by atoms with Gasteiger partial charge in [-0.3, -0.25) is 4.79 Å². The van der Waals surface area contributed by atoms with Gasteiger partial charge in [0.15, 0.2) is 5.13 Å². The number of anilines is 2. The van der Waals surface area contributed by atoms with E-state index in [1.807, 2.05) is 6.07 Å². The first kappa shape index (κ1) is 12.8. The van der Waals surface area contributed by atoms with Crippen molar-refractivity contribution in [2.24, 2.45) is 5.73 Å². The Hall–Kier alpha value is -1.63. The number of hydrogen-bond acceptors (Lipinski definition) is 5. The molecular weight excluding hydrogens is 272 g/mol. The lowest BCUT2D eigenvalue weighted by Crippen LogP contribution is -2.13. The van der Waals surface area contributed by atoms with Crippen molar-refractivity contribution in [1.29, 1.82) is 0 Å². The number of amides is 1. The van der Waals surface area contributed by atoms with E-state index in [9.17, 15) is 4.79 Å². The summed E-state index contributed by atoms with van der Waals surface area (Å²) >= 11 is 7.15. The predicted molar refractivity (Wildman–Crippen MR) is 73.8 cm³/mol. The Morgan fingerprint density at radius 3 is 2.89 bits per heavy atom. The lowest BCUT2D eigenvalue weighted by Gasteiger charge is -2.10. The number of nitrogen functional groups attached to an aromatic ring is 1. The Bertz CT molecular complexity index is 584. The van der Waals surface area contributed by atoms with Crippen LogP contribution in [-0.4, -0.2) is 10.9 Å². The second kappa shape index (κ2) is 5.34. The summed E-state index contributed by atoms with van der Waals surface area (Å²) in [6.07, 6.45) is 1.42. The van der Waals surface area contributed by atoms with E-state index in [4.69, 9.17) is 23.1 Å². The van der Waals surface area contributed by atoms with Gasteiger partial charge in [-0.15, -0.1) is 0 Å². The highest BCUT2D eigenvalue weighted by molar-refractivity contribution is 7.17. The SMILES string of the molecule is NCc1cccc(Cl)c1NC(=O)c1cnc(N)s1. The van der Waals surface area contributed by atoms with E-state index in [1.54, 1.807) is 12.1 Å². The molecule has 0 saturated heterocycles. The highest BCUT2D eigenvalue weighted by Crippen LogP contribution is 2.27. The Morgan fingerprint density at radius 2 is 2.28 bits per heavy atom. The molecule has 1 amide bonds. The molecule has 0 unspecified atom stereocenters. The van der Waals surface area contributed by atoms with Crippen LogP contribution in [0.1, 0.15) is 15.2 Å². The van der Waals surface area contributed by atoms with Crippen molar-refractivity contribution >= 4 is 39.7 Å². The van der Waals surface area contributed by atoms with Crippen LogP contribution in [0.2, 0.25) is 5.02 Å². The normalized spacial score (nSPS) is 10.3. The molecule has 2 aromatic rings. The van der Waals surface area contributed by atoms with Crippen LogP contribution in [0.5, 0.6) is 0 Å². The van der Waals surface area contributed by atoms with Gasteiger partial charge in [-0.1, -0.05) is 35.1 Å². The van der Waals surface area contributed by atoms with Crippen LogP contribution in [0.3, 0.4) is 0 Å². The fourth-order valence-electron chi connectivity index (χ4n) is 1.45. The lowest BCUT2D eigenvalue weighted by molar-refractivity contribution is 0.103. The number of benzene rings is 1. The fraction of sp³-hybridized carbons (Fsp3) is 0.0909. The van der Waals surface area contributed by atoms with E-state index in [1.165, 1.54) is 6.20 Å². The molecule has 0 aliphatic heterocycles. The van der Waals surface area contributed by atoms with Gasteiger partial charge in [0.25, 0.3) is 5.91 Å². The number of nitrogens with zero attached hydrogens (tertiary/aromatic N) is 1. The minimum Gasteiger partial charge on any atom is -0.375 e. The maximum absolute atomic E-state index is 12.0. The summed E-state index contributed by atoms with van der Waals surface area (Å²) in [5, 5.41) is 3.52. The maximum atomic E-state index is 12.0. The van der Waals surface area contributed by atoms with Gasteiger partial charge in [-0.2, -0.15) is 0 Å². The highest BCUT2D eigenvalue weighted by atomic mass is 35.5. The quantitative estimate of drug-likeness (QED) is 0.803. The van der Waals surface area contributed by atoms with Crippen molar-refractivity contribution in [1.82, 2.24) is 4.98 Å². The van der Waals surface area contributed by atoms with Gasteiger partial charge in [-0.25, -0.2) is 4.98 Å². The van der Waals surface area contributed by atoms with Crippen LogP contribution in [0.4, 0.5) is 10.8 Å². The zero-order valence-corrected chi connectivity index (χ0v) is 10.9. The van der Waals surface area contributed by atoms with Crippen LogP contribution < -0.4 is 16.8 Å². The minimum absolute atomic E-state index is 0.293. The third-order valence-electron chi connectivity index (χ3n) is 2.31. The van der Waals surface area contributed by atoms with Gasteiger partial charge >= 0.3 is 0 Å². The molecule has 2 rings (SSSR count). The van der Waals surface area contributed by atoms with Gasteiger partial charge in [-0.05, 0) is 11.6 Å². The molecule has 5 nitrogen and oxygen atoms in total. The number of aromatic nitrogens is 1. The van der Waals surface area contributed by atoms with E-state index >= 15 is 0 Å². The second-order valence-corrected chi connectivity index (χ2v) is 4.96.